The molecule has 0 spiro atoms. The molecule has 0 radical (unpaired) electrons. The number of hydrogen-bond acceptors (Lipinski definition) is 5. The summed E-state index contributed by atoms with van der Waals surface area (Å²) in [5, 5.41) is 6.14. The highest BCUT2D eigenvalue weighted by Crippen LogP contribution is 2.34. The van der Waals surface area contributed by atoms with Gasteiger partial charge in [-0.1, -0.05) is 31.2 Å². The van der Waals surface area contributed by atoms with Crippen LogP contribution < -0.4 is 21.3 Å². The van der Waals surface area contributed by atoms with Gasteiger partial charge in [0.25, 0.3) is 5.91 Å². The minimum Gasteiger partial charge on any atom is -0.371 e. The van der Waals surface area contributed by atoms with E-state index in [9.17, 15) is 9.59 Å². The monoisotopic (exact) mass is 533 g/mol. The van der Waals surface area contributed by atoms with Crippen molar-refractivity contribution < 1.29 is 9.59 Å². The fourth-order valence-electron chi connectivity index (χ4n) is 6.30. The average molecular weight is 534 g/mol. The second-order valence-electron chi connectivity index (χ2n) is 12.2. The van der Waals surface area contributed by atoms with Crippen molar-refractivity contribution in [2.75, 3.05) is 32.6 Å². The van der Waals surface area contributed by atoms with Gasteiger partial charge in [-0.25, -0.2) is 0 Å². The largest absolute Gasteiger partial charge is 0.371 e. The van der Waals surface area contributed by atoms with Gasteiger partial charge in [0.15, 0.2) is 0 Å². The van der Waals surface area contributed by atoms with Crippen LogP contribution in [0.3, 0.4) is 0 Å². The van der Waals surface area contributed by atoms with Crippen LogP contribution in [0.25, 0.3) is 11.1 Å². The van der Waals surface area contributed by atoms with Crippen LogP contribution in [0.2, 0.25) is 0 Å². The fourth-order valence-corrected chi connectivity index (χ4v) is 6.30. The molecule has 2 aromatic carbocycles. The van der Waals surface area contributed by atoms with E-state index >= 15 is 0 Å². The summed E-state index contributed by atoms with van der Waals surface area (Å²) in [6.45, 7) is 7.39. The smallest absolute Gasteiger partial charge is 0.251 e. The van der Waals surface area contributed by atoms with Crippen molar-refractivity contribution in [1.82, 2.24) is 15.5 Å². The van der Waals surface area contributed by atoms with E-state index in [2.05, 4.69) is 78.8 Å². The highest BCUT2D eigenvalue weighted by molar-refractivity contribution is 5.99. The zero-order valence-corrected chi connectivity index (χ0v) is 24.6. The van der Waals surface area contributed by atoms with Crippen molar-refractivity contribution in [3.05, 3.63) is 53.1 Å². The third-order valence-corrected chi connectivity index (χ3v) is 8.70. The van der Waals surface area contributed by atoms with E-state index in [4.69, 9.17) is 5.73 Å². The second kappa shape index (κ2) is 12.5. The number of nitrogens with one attached hydrogen (secondary N) is 2. The molecule has 2 aliphatic rings. The average Bonchev–Trinajstić information content (AvgIpc) is 2.88. The molecular formula is C32H47N5O2. The highest BCUT2D eigenvalue weighted by atomic mass is 16.2. The molecule has 7 heteroatoms. The van der Waals surface area contributed by atoms with Crippen LogP contribution >= 0.6 is 0 Å². The first-order valence-electron chi connectivity index (χ1n) is 14.5. The van der Waals surface area contributed by atoms with E-state index in [1.54, 1.807) is 0 Å². The second-order valence-corrected chi connectivity index (χ2v) is 12.2. The number of nitrogens with zero attached hydrogens (tertiary/aromatic N) is 2. The number of nitrogens with two attached hydrogens (primary N) is 1. The van der Waals surface area contributed by atoms with Crippen molar-refractivity contribution in [3.63, 3.8) is 0 Å². The number of carbonyl (C=O) groups excluding carboxylic acids is 2. The zero-order valence-electron chi connectivity index (χ0n) is 24.6. The molecular weight excluding hydrogens is 486 g/mol. The van der Waals surface area contributed by atoms with E-state index in [0.29, 0.717) is 18.2 Å². The minimum atomic E-state index is -0.216. The molecule has 0 aromatic heterocycles. The molecule has 3 unspecified atom stereocenters. The first-order chi connectivity index (χ1) is 18.5. The molecule has 1 aliphatic heterocycles. The molecule has 1 saturated carbocycles. The van der Waals surface area contributed by atoms with E-state index in [0.717, 1.165) is 61.0 Å². The molecule has 1 heterocycles. The molecule has 4 N–H and O–H groups in total. The Morgan fingerprint density at radius 2 is 1.69 bits per heavy atom. The van der Waals surface area contributed by atoms with Crippen molar-refractivity contribution >= 4 is 17.5 Å². The standard InChI is InChI=1S/C32H47N5O2/c1-20-15-21(2)35-32(39)29(20)18-34-31(38)28-16-25(24-9-7-23(8-10-24)19-36(4)5)17-30(22(28)3)37(6)27-13-11-26(33)12-14-27/h7-10,16-17,20-21,26-27,29H,11-15,18-19,33H2,1-6H3,(H,34,38)(H,35,39)/t20?,21?,26-,27+,29?. The number of amides is 2. The fraction of sp³-hybridized carbons (Fsp3) is 0.562. The quantitative estimate of drug-likeness (QED) is 0.470. The molecule has 212 valence electrons. The van der Waals surface area contributed by atoms with E-state index in [1.807, 2.05) is 19.9 Å². The maximum Gasteiger partial charge on any atom is 0.251 e. The first kappa shape index (κ1) is 29.1. The lowest BCUT2D eigenvalue weighted by molar-refractivity contribution is -0.129. The van der Waals surface area contributed by atoms with E-state index < -0.39 is 0 Å². The third-order valence-electron chi connectivity index (χ3n) is 8.70. The summed E-state index contributed by atoms with van der Waals surface area (Å²) >= 11 is 0. The van der Waals surface area contributed by atoms with Crippen molar-refractivity contribution in [3.8, 4) is 11.1 Å². The molecule has 3 atom stereocenters. The molecule has 2 aromatic rings. The Morgan fingerprint density at radius 3 is 2.31 bits per heavy atom. The molecule has 1 aliphatic carbocycles. The van der Waals surface area contributed by atoms with Crippen LogP contribution in [0.15, 0.2) is 36.4 Å². The van der Waals surface area contributed by atoms with E-state index in [-0.39, 0.29) is 35.7 Å². The summed E-state index contributed by atoms with van der Waals surface area (Å²) in [4.78, 5) is 30.8. The van der Waals surface area contributed by atoms with Crippen molar-refractivity contribution in [2.45, 2.75) is 77.5 Å². The van der Waals surface area contributed by atoms with Crippen LogP contribution in [-0.4, -0.2) is 62.5 Å². The molecule has 2 amide bonds. The van der Waals surface area contributed by atoms with Crippen LogP contribution in [0, 0.1) is 18.8 Å². The number of benzene rings is 2. The number of rotatable bonds is 8. The Hall–Kier alpha value is -2.90. The topological polar surface area (TPSA) is 90.7 Å². The molecule has 0 bridgehead atoms. The van der Waals surface area contributed by atoms with Crippen LogP contribution in [0.5, 0.6) is 0 Å². The lowest BCUT2D eigenvalue weighted by Gasteiger charge is -2.36. The molecule has 7 nitrogen and oxygen atoms in total. The van der Waals surface area contributed by atoms with Gasteiger partial charge in [0.05, 0.1) is 5.92 Å². The van der Waals surface area contributed by atoms with Gasteiger partial charge in [0.1, 0.15) is 0 Å². The number of anilines is 1. The van der Waals surface area contributed by atoms with Gasteiger partial charge in [-0.15, -0.1) is 0 Å². The van der Waals surface area contributed by atoms with Crippen molar-refractivity contribution in [2.24, 2.45) is 17.6 Å². The predicted molar refractivity (Wildman–Crippen MR) is 160 cm³/mol. The normalized spacial score (nSPS) is 25.3. The summed E-state index contributed by atoms with van der Waals surface area (Å²) in [5.41, 5.74) is 12.3. The molecule has 4 rings (SSSR count). The SMILES string of the molecule is Cc1c(C(=O)NCC2C(=O)NC(C)CC2C)cc(-c2ccc(CN(C)C)cc2)cc1N(C)[C@H]1CC[C@@H](N)CC1. The minimum absolute atomic E-state index is 0.0285. The van der Waals surface area contributed by atoms with Gasteiger partial charge >= 0.3 is 0 Å². The summed E-state index contributed by atoms with van der Waals surface area (Å²) in [6.07, 6.45) is 5.07. The summed E-state index contributed by atoms with van der Waals surface area (Å²) in [5.74, 6) is -0.0914. The Balaban J connectivity index is 1.64. The maximum absolute atomic E-state index is 13.7. The predicted octanol–water partition coefficient (Wildman–Crippen LogP) is 4.32. The molecule has 2 fully saturated rings. The Kier molecular flexibility index (Phi) is 9.34. The van der Waals surface area contributed by atoms with E-state index in [1.165, 1.54) is 5.56 Å². The third kappa shape index (κ3) is 7.00. The van der Waals surface area contributed by atoms with Gasteiger partial charge in [0, 0.05) is 49.5 Å². The number of carbonyl (C=O) groups is 2. The van der Waals surface area contributed by atoms with Gasteiger partial charge in [-0.2, -0.15) is 0 Å². The lowest BCUT2D eigenvalue weighted by Crippen LogP contribution is -2.50. The first-order valence-corrected chi connectivity index (χ1v) is 14.5. The van der Waals surface area contributed by atoms with Crippen LogP contribution in [0.1, 0.15) is 67.4 Å². The van der Waals surface area contributed by atoms with Gasteiger partial charge in [-0.05, 0) is 100 Å². The number of hydrogen-bond donors (Lipinski definition) is 3. The van der Waals surface area contributed by atoms with Crippen molar-refractivity contribution in [1.29, 1.82) is 0 Å². The van der Waals surface area contributed by atoms with Crippen LogP contribution in [-0.2, 0) is 11.3 Å². The number of piperidine rings is 1. The summed E-state index contributed by atoms with van der Waals surface area (Å²) < 4.78 is 0. The molecule has 39 heavy (non-hydrogen) atoms. The van der Waals surface area contributed by atoms with Gasteiger partial charge in [0.2, 0.25) is 5.91 Å². The lowest BCUT2D eigenvalue weighted by atomic mass is 9.84. The molecule has 1 saturated heterocycles. The Morgan fingerprint density at radius 1 is 1.03 bits per heavy atom. The Labute approximate surface area is 234 Å². The Bertz CT molecular complexity index is 1150. The summed E-state index contributed by atoms with van der Waals surface area (Å²) in [6, 6.07) is 13.7. The zero-order chi connectivity index (χ0) is 28.3. The maximum atomic E-state index is 13.7. The van der Waals surface area contributed by atoms with Gasteiger partial charge < -0.3 is 26.2 Å². The van der Waals surface area contributed by atoms with Gasteiger partial charge in [-0.3, -0.25) is 9.59 Å². The summed E-state index contributed by atoms with van der Waals surface area (Å²) in [7, 11) is 6.28. The highest BCUT2D eigenvalue weighted by Gasteiger charge is 2.32. The van der Waals surface area contributed by atoms with Crippen LogP contribution in [0.4, 0.5) is 5.69 Å².